The van der Waals surface area contributed by atoms with Crippen LogP contribution in [-0.2, 0) is 5.41 Å². The second-order valence-electron chi connectivity index (χ2n) is 15.3. The number of thiophene rings is 1. The molecule has 0 N–H and O–H groups in total. The first-order valence-electron chi connectivity index (χ1n) is 19.4. The number of para-hydroxylation sites is 3. The molecule has 1 aliphatic rings. The van der Waals surface area contributed by atoms with Gasteiger partial charge in [-0.2, -0.15) is 0 Å². The van der Waals surface area contributed by atoms with Gasteiger partial charge < -0.3 is 9.80 Å². The lowest BCUT2D eigenvalue weighted by Gasteiger charge is -2.27. The number of fused-ring (bicyclic) bond motifs is 9. The lowest BCUT2D eigenvalue weighted by molar-refractivity contribution is 0.661. The van der Waals surface area contributed by atoms with Gasteiger partial charge in [-0.05, 0) is 111 Å². The summed E-state index contributed by atoms with van der Waals surface area (Å²) in [6.45, 7) is 4.73. The van der Waals surface area contributed by atoms with E-state index in [0.717, 1.165) is 22.7 Å². The van der Waals surface area contributed by atoms with Gasteiger partial charge in [0.15, 0.2) is 0 Å². The van der Waals surface area contributed by atoms with Crippen molar-refractivity contribution in [2.24, 2.45) is 0 Å². The maximum absolute atomic E-state index is 2.47. The molecule has 0 aliphatic heterocycles. The van der Waals surface area contributed by atoms with E-state index in [1.54, 1.807) is 0 Å². The molecule has 10 aromatic rings. The predicted molar refractivity (Wildman–Crippen MR) is 241 cm³/mol. The fraction of sp³-hybridized carbons (Fsp3) is 0.0566. The second-order valence-corrected chi connectivity index (χ2v) is 16.4. The van der Waals surface area contributed by atoms with E-state index in [0.29, 0.717) is 0 Å². The van der Waals surface area contributed by atoms with Gasteiger partial charge in [0.25, 0.3) is 0 Å². The molecule has 9 aromatic carbocycles. The summed E-state index contributed by atoms with van der Waals surface area (Å²) in [6.07, 6.45) is 0. The Labute approximate surface area is 331 Å². The largest absolute Gasteiger partial charge is 0.310 e. The molecule has 0 bridgehead atoms. The van der Waals surface area contributed by atoms with Crippen molar-refractivity contribution in [3.05, 3.63) is 205 Å². The number of benzene rings is 9. The molecule has 0 unspecified atom stereocenters. The van der Waals surface area contributed by atoms with E-state index in [2.05, 4.69) is 218 Å². The van der Waals surface area contributed by atoms with E-state index in [1.165, 1.54) is 75.3 Å². The summed E-state index contributed by atoms with van der Waals surface area (Å²) in [5.74, 6) is 0. The zero-order valence-electron chi connectivity index (χ0n) is 31.3. The van der Waals surface area contributed by atoms with E-state index >= 15 is 0 Å². The van der Waals surface area contributed by atoms with Crippen LogP contribution in [0.5, 0.6) is 0 Å². The summed E-state index contributed by atoms with van der Waals surface area (Å²) < 4.78 is 2.53. The fourth-order valence-electron chi connectivity index (χ4n) is 9.14. The topological polar surface area (TPSA) is 6.48 Å². The molecule has 0 spiro atoms. The van der Waals surface area contributed by atoms with Crippen LogP contribution in [0, 0.1) is 0 Å². The molecule has 1 aliphatic carbocycles. The van der Waals surface area contributed by atoms with Crippen molar-refractivity contribution < 1.29 is 0 Å². The first-order valence-corrected chi connectivity index (χ1v) is 20.2. The highest BCUT2D eigenvalue weighted by molar-refractivity contribution is 7.26. The van der Waals surface area contributed by atoms with Crippen LogP contribution < -0.4 is 9.80 Å². The van der Waals surface area contributed by atoms with Gasteiger partial charge >= 0.3 is 0 Å². The van der Waals surface area contributed by atoms with Gasteiger partial charge in [0.1, 0.15) is 0 Å². The number of anilines is 6. The smallest absolute Gasteiger partial charge is 0.0640 e. The average Bonchev–Trinajstić information content (AvgIpc) is 3.73. The molecule has 0 atom stereocenters. The van der Waals surface area contributed by atoms with Crippen molar-refractivity contribution in [1.29, 1.82) is 0 Å². The molecule has 0 amide bonds. The summed E-state index contributed by atoms with van der Waals surface area (Å²) in [5.41, 5.74) is 12.4. The highest BCUT2D eigenvalue weighted by Crippen LogP contribution is 2.51. The van der Waals surface area contributed by atoms with Gasteiger partial charge in [-0.25, -0.2) is 0 Å². The molecule has 0 fully saturated rings. The van der Waals surface area contributed by atoms with Crippen molar-refractivity contribution in [1.82, 2.24) is 0 Å². The molecule has 266 valence electrons. The van der Waals surface area contributed by atoms with Crippen LogP contribution in [0.25, 0.3) is 52.8 Å². The van der Waals surface area contributed by atoms with Gasteiger partial charge in [-0.15, -0.1) is 11.3 Å². The Hall–Kier alpha value is -6.68. The molecule has 0 saturated heterocycles. The van der Waals surface area contributed by atoms with Crippen LogP contribution in [0.1, 0.15) is 25.0 Å². The van der Waals surface area contributed by atoms with E-state index in [9.17, 15) is 0 Å². The minimum absolute atomic E-state index is 0.0608. The third-order valence-electron chi connectivity index (χ3n) is 11.8. The van der Waals surface area contributed by atoms with Crippen molar-refractivity contribution in [3.63, 3.8) is 0 Å². The van der Waals surface area contributed by atoms with Gasteiger partial charge in [-0.3, -0.25) is 0 Å². The van der Waals surface area contributed by atoms with E-state index in [-0.39, 0.29) is 5.41 Å². The monoisotopic (exact) mass is 734 g/mol. The summed E-state index contributed by atoms with van der Waals surface area (Å²) in [4.78, 5) is 4.82. The lowest BCUT2D eigenvalue weighted by atomic mass is 9.81. The first-order chi connectivity index (χ1) is 27.5. The minimum atomic E-state index is -0.0608. The molecule has 2 nitrogen and oxygen atoms in total. The van der Waals surface area contributed by atoms with Crippen LogP contribution >= 0.6 is 11.3 Å². The van der Waals surface area contributed by atoms with Gasteiger partial charge in [-0.1, -0.05) is 135 Å². The van der Waals surface area contributed by atoms with Crippen molar-refractivity contribution in [2.75, 3.05) is 9.80 Å². The minimum Gasteiger partial charge on any atom is -0.310 e. The van der Waals surface area contributed by atoms with Gasteiger partial charge in [0, 0.05) is 49.0 Å². The van der Waals surface area contributed by atoms with Crippen LogP contribution in [0.15, 0.2) is 194 Å². The molecule has 11 rings (SSSR count). The normalized spacial score (nSPS) is 13.0. The average molecular weight is 735 g/mol. The number of hydrogen-bond acceptors (Lipinski definition) is 3. The standard InChI is InChI=1S/C53H38N2S/c1-53(2)47-25-13-12-22-41(47)46-32-35-28-30-42-40(45(35)34-48(46)53)23-14-26-49(42)55(38-20-10-5-11-21-38)39-29-31-43-44-24-15-27-50(52(44)56-51(43)33-39)54(36-16-6-3-7-17-36)37-18-8-4-9-19-37/h3-34H,1-2H3. The third-order valence-corrected chi connectivity index (χ3v) is 13.0. The maximum Gasteiger partial charge on any atom is 0.0640 e. The lowest BCUT2D eigenvalue weighted by Crippen LogP contribution is -2.14. The number of rotatable bonds is 6. The highest BCUT2D eigenvalue weighted by Gasteiger charge is 2.35. The van der Waals surface area contributed by atoms with Crippen LogP contribution in [0.4, 0.5) is 34.1 Å². The Bertz CT molecular complexity index is 3070. The molecule has 1 heterocycles. The van der Waals surface area contributed by atoms with Crippen LogP contribution in [-0.4, -0.2) is 0 Å². The van der Waals surface area contributed by atoms with Gasteiger partial charge in [0.2, 0.25) is 0 Å². The van der Waals surface area contributed by atoms with Crippen LogP contribution in [0.2, 0.25) is 0 Å². The number of nitrogens with zero attached hydrogens (tertiary/aromatic N) is 2. The maximum atomic E-state index is 2.47. The van der Waals surface area contributed by atoms with E-state index in [1.807, 2.05) is 11.3 Å². The van der Waals surface area contributed by atoms with E-state index < -0.39 is 0 Å². The Kier molecular flexibility index (Phi) is 7.42. The third kappa shape index (κ3) is 5.01. The summed E-state index contributed by atoms with van der Waals surface area (Å²) in [5, 5.41) is 7.61. The van der Waals surface area contributed by atoms with E-state index in [4.69, 9.17) is 0 Å². The fourth-order valence-corrected chi connectivity index (χ4v) is 10.4. The SMILES string of the molecule is CC1(C)c2ccccc2-c2cc3ccc4c(N(c5ccccc5)c5ccc6c(c5)sc5c(N(c7ccccc7)c7ccccc7)cccc56)cccc4c3cc21. The molecule has 0 saturated carbocycles. The molecule has 0 radical (unpaired) electrons. The van der Waals surface area contributed by atoms with Crippen LogP contribution in [0.3, 0.4) is 0 Å². The molecular weight excluding hydrogens is 697 g/mol. The Morgan fingerprint density at radius 1 is 0.375 bits per heavy atom. The molecule has 56 heavy (non-hydrogen) atoms. The Morgan fingerprint density at radius 2 is 0.964 bits per heavy atom. The van der Waals surface area contributed by atoms with Gasteiger partial charge in [0.05, 0.1) is 16.1 Å². The zero-order valence-corrected chi connectivity index (χ0v) is 32.1. The molecule has 1 aromatic heterocycles. The number of hydrogen-bond donors (Lipinski definition) is 0. The second kappa shape index (κ2) is 12.7. The summed E-state index contributed by atoms with van der Waals surface area (Å²) in [7, 11) is 0. The Morgan fingerprint density at radius 3 is 1.66 bits per heavy atom. The summed E-state index contributed by atoms with van der Waals surface area (Å²) in [6, 6.07) is 71.2. The quantitative estimate of drug-likeness (QED) is 0.157. The van der Waals surface area contributed by atoms with Crippen molar-refractivity contribution in [3.8, 4) is 11.1 Å². The zero-order chi connectivity index (χ0) is 37.4. The summed E-state index contributed by atoms with van der Waals surface area (Å²) >= 11 is 1.87. The van der Waals surface area contributed by atoms with Crippen molar-refractivity contribution >= 4 is 87.2 Å². The van der Waals surface area contributed by atoms with Crippen molar-refractivity contribution in [2.45, 2.75) is 19.3 Å². The molecular formula is C53H38N2S. The Balaban J connectivity index is 1.09. The molecule has 3 heteroatoms. The predicted octanol–water partition coefficient (Wildman–Crippen LogP) is 15.6. The first kappa shape index (κ1) is 32.7. The highest BCUT2D eigenvalue weighted by atomic mass is 32.1.